The molecular formula is C13H18N4O2. The third-order valence-electron chi connectivity index (χ3n) is 2.79. The van der Waals surface area contributed by atoms with Gasteiger partial charge in [0.25, 0.3) is 0 Å². The standard InChI is InChI=1S/C13H18N4O2/c1-2-4-14-10-3-5-15-11(6-10)7-17-8-12(18)16-13(19)9-17/h3,5-6H,2,4,7-9H2,1H3,(H,14,15)(H,16,18,19). The van der Waals surface area contributed by atoms with Crippen molar-refractivity contribution >= 4 is 17.5 Å². The number of imide groups is 1. The lowest BCUT2D eigenvalue weighted by atomic mass is 10.2. The van der Waals surface area contributed by atoms with Crippen LogP contribution in [0.15, 0.2) is 18.3 Å². The maximum absolute atomic E-state index is 11.3. The highest BCUT2D eigenvalue weighted by atomic mass is 16.2. The summed E-state index contributed by atoms with van der Waals surface area (Å²) in [5.41, 5.74) is 1.86. The predicted molar refractivity (Wildman–Crippen MR) is 71.4 cm³/mol. The van der Waals surface area contributed by atoms with E-state index in [2.05, 4.69) is 22.5 Å². The minimum atomic E-state index is -0.253. The lowest BCUT2D eigenvalue weighted by Crippen LogP contribution is -2.50. The molecule has 2 heterocycles. The molecule has 1 aliphatic rings. The smallest absolute Gasteiger partial charge is 0.240 e. The first kappa shape index (κ1) is 13.5. The Morgan fingerprint density at radius 1 is 1.37 bits per heavy atom. The van der Waals surface area contributed by atoms with Gasteiger partial charge in [0.1, 0.15) is 0 Å². The van der Waals surface area contributed by atoms with Gasteiger partial charge in [-0.15, -0.1) is 0 Å². The van der Waals surface area contributed by atoms with Crippen molar-refractivity contribution in [3.63, 3.8) is 0 Å². The summed E-state index contributed by atoms with van der Waals surface area (Å²) in [6, 6.07) is 3.86. The Labute approximate surface area is 112 Å². The Hall–Kier alpha value is -1.95. The van der Waals surface area contributed by atoms with Gasteiger partial charge in [-0.1, -0.05) is 6.92 Å². The normalized spacial score (nSPS) is 16.3. The zero-order chi connectivity index (χ0) is 13.7. The van der Waals surface area contributed by atoms with E-state index in [-0.39, 0.29) is 24.9 Å². The lowest BCUT2D eigenvalue weighted by molar-refractivity contribution is -0.136. The average molecular weight is 262 g/mol. The number of rotatable bonds is 5. The van der Waals surface area contributed by atoms with Gasteiger partial charge in [-0.05, 0) is 18.6 Å². The molecule has 6 heteroatoms. The SMILES string of the molecule is CCCNc1ccnc(CN2CC(=O)NC(=O)C2)c1. The maximum Gasteiger partial charge on any atom is 0.240 e. The lowest BCUT2D eigenvalue weighted by Gasteiger charge is -2.24. The summed E-state index contributed by atoms with van der Waals surface area (Å²) in [7, 11) is 0. The minimum Gasteiger partial charge on any atom is -0.385 e. The number of carbonyl (C=O) groups is 2. The maximum atomic E-state index is 11.3. The molecule has 0 bridgehead atoms. The molecule has 0 radical (unpaired) electrons. The minimum absolute atomic E-state index is 0.236. The number of amides is 2. The molecule has 0 aromatic carbocycles. The van der Waals surface area contributed by atoms with E-state index in [1.54, 1.807) is 11.1 Å². The van der Waals surface area contributed by atoms with Gasteiger partial charge in [0.05, 0.1) is 18.8 Å². The number of hydrogen-bond donors (Lipinski definition) is 2. The fourth-order valence-electron chi connectivity index (χ4n) is 1.98. The van der Waals surface area contributed by atoms with Crippen molar-refractivity contribution in [1.29, 1.82) is 0 Å². The number of hydrogen-bond acceptors (Lipinski definition) is 5. The second kappa shape index (κ2) is 6.29. The van der Waals surface area contributed by atoms with Gasteiger partial charge in [-0.3, -0.25) is 24.8 Å². The summed E-state index contributed by atoms with van der Waals surface area (Å²) in [6.07, 6.45) is 2.79. The van der Waals surface area contributed by atoms with Crippen LogP contribution in [0.1, 0.15) is 19.0 Å². The van der Waals surface area contributed by atoms with E-state index in [1.165, 1.54) is 0 Å². The summed E-state index contributed by atoms with van der Waals surface area (Å²) in [6.45, 7) is 3.99. The first-order valence-corrected chi connectivity index (χ1v) is 6.41. The van der Waals surface area contributed by atoms with Gasteiger partial charge in [0.15, 0.2) is 0 Å². The van der Waals surface area contributed by atoms with Crippen LogP contribution in [-0.2, 0) is 16.1 Å². The fraction of sp³-hybridized carbons (Fsp3) is 0.462. The number of piperazine rings is 1. The highest BCUT2D eigenvalue weighted by Gasteiger charge is 2.22. The molecular weight excluding hydrogens is 244 g/mol. The summed E-state index contributed by atoms with van der Waals surface area (Å²) >= 11 is 0. The van der Waals surface area contributed by atoms with E-state index >= 15 is 0 Å². The molecule has 19 heavy (non-hydrogen) atoms. The molecule has 1 fully saturated rings. The number of carbonyl (C=O) groups excluding carboxylic acids is 2. The summed E-state index contributed by atoms with van der Waals surface area (Å²) < 4.78 is 0. The number of anilines is 1. The third kappa shape index (κ3) is 4.03. The van der Waals surface area contributed by atoms with E-state index in [1.807, 2.05) is 12.1 Å². The van der Waals surface area contributed by atoms with E-state index in [0.29, 0.717) is 6.54 Å². The highest BCUT2D eigenvalue weighted by Crippen LogP contribution is 2.10. The molecule has 0 atom stereocenters. The zero-order valence-electron chi connectivity index (χ0n) is 11.0. The van der Waals surface area contributed by atoms with Crippen LogP contribution in [0.2, 0.25) is 0 Å². The van der Waals surface area contributed by atoms with E-state index in [0.717, 1.165) is 24.3 Å². The Bertz CT molecular complexity index is 459. The van der Waals surface area contributed by atoms with Crippen LogP contribution in [0.3, 0.4) is 0 Å². The van der Waals surface area contributed by atoms with E-state index < -0.39 is 0 Å². The van der Waals surface area contributed by atoms with E-state index in [9.17, 15) is 9.59 Å². The molecule has 2 N–H and O–H groups in total. The summed E-state index contributed by atoms with van der Waals surface area (Å²) in [5.74, 6) is -0.506. The molecule has 6 nitrogen and oxygen atoms in total. The molecule has 1 aromatic heterocycles. The number of pyridine rings is 1. The molecule has 0 spiro atoms. The monoisotopic (exact) mass is 262 g/mol. The first-order valence-electron chi connectivity index (χ1n) is 6.41. The van der Waals surface area contributed by atoms with Crippen molar-refractivity contribution < 1.29 is 9.59 Å². The molecule has 2 amide bonds. The van der Waals surface area contributed by atoms with Crippen LogP contribution >= 0.6 is 0 Å². The quantitative estimate of drug-likeness (QED) is 0.750. The molecule has 0 aliphatic carbocycles. The van der Waals surface area contributed by atoms with Crippen molar-refractivity contribution in [2.45, 2.75) is 19.9 Å². The highest BCUT2D eigenvalue weighted by molar-refractivity contribution is 5.99. The Kier molecular flexibility index (Phi) is 4.46. The van der Waals surface area contributed by atoms with Crippen LogP contribution in [0.25, 0.3) is 0 Å². The molecule has 0 unspecified atom stereocenters. The predicted octanol–water partition coefficient (Wildman–Crippen LogP) is 0.362. The van der Waals surface area contributed by atoms with Crippen molar-refractivity contribution in [1.82, 2.24) is 15.2 Å². The number of aromatic nitrogens is 1. The van der Waals surface area contributed by atoms with Crippen molar-refractivity contribution in [3.8, 4) is 0 Å². The topological polar surface area (TPSA) is 74.3 Å². The van der Waals surface area contributed by atoms with Crippen molar-refractivity contribution in [2.75, 3.05) is 25.0 Å². The van der Waals surface area contributed by atoms with Crippen molar-refractivity contribution in [2.24, 2.45) is 0 Å². The van der Waals surface area contributed by atoms with E-state index in [4.69, 9.17) is 0 Å². The molecule has 1 aliphatic heterocycles. The van der Waals surface area contributed by atoms with Gasteiger partial charge in [-0.25, -0.2) is 0 Å². The van der Waals surface area contributed by atoms with Gasteiger partial charge >= 0.3 is 0 Å². The molecule has 0 saturated carbocycles. The Balaban J connectivity index is 1.98. The Morgan fingerprint density at radius 3 is 2.79 bits per heavy atom. The Morgan fingerprint density at radius 2 is 2.11 bits per heavy atom. The molecule has 1 saturated heterocycles. The average Bonchev–Trinajstić information content (AvgIpc) is 2.35. The van der Waals surface area contributed by atoms with Crippen LogP contribution in [0, 0.1) is 0 Å². The molecule has 2 rings (SSSR count). The van der Waals surface area contributed by atoms with Gasteiger partial charge in [0.2, 0.25) is 11.8 Å². The van der Waals surface area contributed by atoms with Crippen LogP contribution in [-0.4, -0.2) is 41.3 Å². The zero-order valence-corrected chi connectivity index (χ0v) is 11.0. The van der Waals surface area contributed by atoms with Gasteiger partial charge in [-0.2, -0.15) is 0 Å². The van der Waals surface area contributed by atoms with Gasteiger partial charge < -0.3 is 5.32 Å². The fourth-order valence-corrected chi connectivity index (χ4v) is 1.98. The second-order valence-electron chi connectivity index (χ2n) is 4.58. The second-order valence-corrected chi connectivity index (χ2v) is 4.58. The van der Waals surface area contributed by atoms with Crippen LogP contribution < -0.4 is 10.6 Å². The summed E-state index contributed by atoms with van der Waals surface area (Å²) in [5, 5.41) is 5.57. The molecule has 1 aromatic rings. The van der Waals surface area contributed by atoms with Crippen molar-refractivity contribution in [3.05, 3.63) is 24.0 Å². The summed E-state index contributed by atoms with van der Waals surface area (Å²) in [4.78, 5) is 28.6. The van der Waals surface area contributed by atoms with Crippen LogP contribution in [0.4, 0.5) is 5.69 Å². The third-order valence-corrected chi connectivity index (χ3v) is 2.79. The number of nitrogens with one attached hydrogen (secondary N) is 2. The van der Waals surface area contributed by atoms with Crippen LogP contribution in [0.5, 0.6) is 0 Å². The van der Waals surface area contributed by atoms with Gasteiger partial charge in [0, 0.05) is 25.0 Å². The largest absolute Gasteiger partial charge is 0.385 e. The molecule has 102 valence electrons. The number of nitrogens with zero attached hydrogens (tertiary/aromatic N) is 2. The first-order chi connectivity index (χ1) is 9.17.